The van der Waals surface area contributed by atoms with Crippen LogP contribution in [0.3, 0.4) is 0 Å². The molecule has 4 N–H and O–H groups in total. The third-order valence-corrected chi connectivity index (χ3v) is 5.04. The topological polar surface area (TPSA) is 101 Å². The number of fused-ring (bicyclic) bond motifs is 1. The first-order valence-electron chi connectivity index (χ1n) is 7.18. The van der Waals surface area contributed by atoms with E-state index in [2.05, 4.69) is 15.5 Å². The Bertz CT molecular complexity index is 644. The van der Waals surface area contributed by atoms with Crippen molar-refractivity contribution in [3.63, 3.8) is 0 Å². The van der Waals surface area contributed by atoms with Crippen LogP contribution in [0.2, 0.25) is 0 Å². The molecule has 2 bridgehead atoms. The molecule has 4 aliphatic carbocycles. The van der Waals surface area contributed by atoms with E-state index >= 15 is 0 Å². The minimum atomic E-state index is -0.379. The summed E-state index contributed by atoms with van der Waals surface area (Å²) in [6, 6.07) is 0. The summed E-state index contributed by atoms with van der Waals surface area (Å²) in [5, 5.41) is 9.38. The van der Waals surface area contributed by atoms with E-state index in [1.807, 2.05) is 0 Å². The zero-order valence-corrected chi connectivity index (χ0v) is 11.3. The van der Waals surface area contributed by atoms with Gasteiger partial charge in [0.1, 0.15) is 5.56 Å². The van der Waals surface area contributed by atoms with Crippen LogP contribution in [0.5, 0.6) is 0 Å². The lowest BCUT2D eigenvalue weighted by Crippen LogP contribution is -2.74. The lowest BCUT2D eigenvalue weighted by atomic mass is 9.40. The normalized spacial score (nSPS) is 33.0. The average molecular weight is 274 g/mol. The Morgan fingerprint density at radius 3 is 2.80 bits per heavy atom. The summed E-state index contributed by atoms with van der Waals surface area (Å²) in [5.74, 6) is -0.261. The Balaban J connectivity index is 1.52. The highest BCUT2D eigenvalue weighted by Crippen LogP contribution is 2.65. The van der Waals surface area contributed by atoms with Crippen molar-refractivity contribution in [1.82, 2.24) is 15.5 Å². The van der Waals surface area contributed by atoms with Gasteiger partial charge in [-0.1, -0.05) is 0 Å². The van der Waals surface area contributed by atoms with E-state index in [0.717, 1.165) is 49.8 Å². The van der Waals surface area contributed by atoms with Crippen LogP contribution in [0.1, 0.15) is 47.3 Å². The summed E-state index contributed by atoms with van der Waals surface area (Å²) >= 11 is 0. The zero-order valence-electron chi connectivity index (χ0n) is 11.3. The van der Waals surface area contributed by atoms with Gasteiger partial charge in [0.15, 0.2) is 0 Å². The Labute approximate surface area is 116 Å². The van der Waals surface area contributed by atoms with Crippen LogP contribution in [-0.4, -0.2) is 28.2 Å². The second-order valence-electron chi connectivity index (χ2n) is 6.78. The van der Waals surface area contributed by atoms with Crippen molar-refractivity contribution < 1.29 is 4.79 Å². The van der Waals surface area contributed by atoms with Gasteiger partial charge in [0.05, 0.1) is 5.69 Å². The maximum Gasteiger partial charge on any atom is 0.277 e. The largest absolute Gasteiger partial charge is 0.351 e. The smallest absolute Gasteiger partial charge is 0.277 e. The van der Waals surface area contributed by atoms with Gasteiger partial charge in [-0.15, -0.1) is 0 Å². The number of nitrogens with two attached hydrogens (primary N) is 1. The van der Waals surface area contributed by atoms with E-state index in [4.69, 9.17) is 5.73 Å². The molecule has 0 atom stereocenters. The highest BCUT2D eigenvalue weighted by atomic mass is 16.2. The van der Waals surface area contributed by atoms with Gasteiger partial charge in [-0.3, -0.25) is 9.59 Å². The lowest BCUT2D eigenvalue weighted by Gasteiger charge is -2.69. The molecule has 0 aliphatic heterocycles. The maximum absolute atomic E-state index is 12.3. The molecule has 1 heterocycles. The summed E-state index contributed by atoms with van der Waals surface area (Å²) in [6.45, 7) is 0.626. The molecule has 5 rings (SSSR count). The van der Waals surface area contributed by atoms with Gasteiger partial charge in [-0.05, 0) is 49.5 Å². The van der Waals surface area contributed by atoms with E-state index in [1.165, 1.54) is 0 Å². The molecule has 106 valence electrons. The monoisotopic (exact) mass is 274 g/mol. The first-order valence-corrected chi connectivity index (χ1v) is 7.18. The van der Waals surface area contributed by atoms with Crippen LogP contribution in [-0.2, 0) is 12.8 Å². The number of rotatable bonds is 3. The van der Waals surface area contributed by atoms with Crippen molar-refractivity contribution in [3.8, 4) is 0 Å². The number of aromatic nitrogens is 2. The molecule has 0 spiro atoms. The van der Waals surface area contributed by atoms with Crippen LogP contribution >= 0.6 is 0 Å². The highest BCUT2D eigenvalue weighted by molar-refractivity contribution is 5.95. The molecule has 1 aromatic heterocycles. The van der Waals surface area contributed by atoms with Crippen LogP contribution in [0.15, 0.2) is 4.79 Å². The highest BCUT2D eigenvalue weighted by Gasteiger charge is 2.65. The quantitative estimate of drug-likeness (QED) is 0.714. The molecule has 6 nitrogen and oxygen atoms in total. The van der Waals surface area contributed by atoms with Gasteiger partial charge in [-0.25, -0.2) is 5.10 Å². The van der Waals surface area contributed by atoms with E-state index in [-0.39, 0.29) is 28.0 Å². The minimum Gasteiger partial charge on any atom is -0.351 e. The summed E-state index contributed by atoms with van der Waals surface area (Å²) < 4.78 is 0. The van der Waals surface area contributed by atoms with Gasteiger partial charge < -0.3 is 11.1 Å². The van der Waals surface area contributed by atoms with E-state index in [0.29, 0.717) is 6.54 Å². The first kappa shape index (κ1) is 12.1. The molecule has 20 heavy (non-hydrogen) atoms. The number of aromatic amines is 1. The molecule has 1 amide bonds. The van der Waals surface area contributed by atoms with Crippen LogP contribution in [0, 0.1) is 5.41 Å². The van der Waals surface area contributed by atoms with Gasteiger partial charge >= 0.3 is 0 Å². The SMILES string of the molecule is NC12CC(CNC(=O)c3c4c(n[nH]c3=O)CCC4)(C1)C2. The van der Waals surface area contributed by atoms with Crippen LogP contribution in [0.25, 0.3) is 0 Å². The number of carbonyl (C=O) groups excluding carboxylic acids is 1. The third kappa shape index (κ3) is 1.57. The number of carbonyl (C=O) groups is 1. The first-order chi connectivity index (χ1) is 9.50. The maximum atomic E-state index is 12.3. The number of amides is 1. The average Bonchev–Trinajstić information content (AvgIpc) is 2.79. The summed E-state index contributed by atoms with van der Waals surface area (Å²) in [4.78, 5) is 24.2. The van der Waals surface area contributed by atoms with Crippen molar-refractivity contribution in [2.75, 3.05) is 6.54 Å². The molecule has 6 heteroatoms. The van der Waals surface area contributed by atoms with Crippen molar-refractivity contribution in [3.05, 3.63) is 27.2 Å². The number of hydrogen-bond acceptors (Lipinski definition) is 4. The number of hydrogen-bond donors (Lipinski definition) is 3. The molecule has 1 aromatic rings. The Morgan fingerprint density at radius 1 is 1.35 bits per heavy atom. The predicted molar refractivity (Wildman–Crippen MR) is 72.4 cm³/mol. The summed E-state index contributed by atoms with van der Waals surface area (Å²) in [5.41, 5.74) is 7.84. The number of H-pyrrole nitrogens is 1. The second kappa shape index (κ2) is 3.69. The molecule has 3 fully saturated rings. The minimum absolute atomic E-state index is 0.0418. The van der Waals surface area contributed by atoms with Crippen molar-refractivity contribution in [2.45, 2.75) is 44.1 Å². The van der Waals surface area contributed by atoms with Gasteiger partial charge in [-0.2, -0.15) is 5.10 Å². The molecule has 0 radical (unpaired) electrons. The van der Waals surface area contributed by atoms with E-state index < -0.39 is 0 Å². The molecule has 0 saturated heterocycles. The predicted octanol–water partition coefficient (Wildman–Crippen LogP) is -0.130. The van der Waals surface area contributed by atoms with Crippen LogP contribution in [0.4, 0.5) is 0 Å². The van der Waals surface area contributed by atoms with Crippen LogP contribution < -0.4 is 16.6 Å². The number of nitrogens with one attached hydrogen (secondary N) is 2. The Morgan fingerprint density at radius 2 is 2.10 bits per heavy atom. The lowest BCUT2D eigenvalue weighted by molar-refractivity contribution is -0.126. The Hall–Kier alpha value is -1.69. The van der Waals surface area contributed by atoms with Crippen molar-refractivity contribution in [2.24, 2.45) is 11.1 Å². The third-order valence-electron chi connectivity index (χ3n) is 5.04. The van der Waals surface area contributed by atoms with Gasteiger partial charge in [0, 0.05) is 12.1 Å². The zero-order chi connectivity index (χ0) is 14.0. The van der Waals surface area contributed by atoms with Gasteiger partial charge in [0.2, 0.25) is 0 Å². The molecule has 3 saturated carbocycles. The summed E-state index contributed by atoms with van der Waals surface area (Å²) in [7, 11) is 0. The van der Waals surface area contributed by atoms with Crippen molar-refractivity contribution >= 4 is 5.91 Å². The summed E-state index contributed by atoms with van der Waals surface area (Å²) in [6.07, 6.45) is 5.54. The molecule has 0 aromatic carbocycles. The fraction of sp³-hybridized carbons (Fsp3) is 0.643. The fourth-order valence-electron chi connectivity index (χ4n) is 4.30. The standard InChI is InChI=1S/C14H18N4O2/c15-14-4-13(5-14,6-14)7-16-11(19)10-8-2-1-3-9(8)17-18-12(10)20/h1-7,15H2,(H,16,19)(H,18,20). The number of aryl methyl sites for hydroxylation is 1. The van der Waals surface area contributed by atoms with E-state index in [1.54, 1.807) is 0 Å². The molecule has 4 aliphatic rings. The Kier molecular flexibility index (Phi) is 2.23. The molecular weight excluding hydrogens is 256 g/mol. The number of nitrogens with zero attached hydrogens (tertiary/aromatic N) is 1. The van der Waals surface area contributed by atoms with Crippen molar-refractivity contribution in [1.29, 1.82) is 0 Å². The van der Waals surface area contributed by atoms with E-state index in [9.17, 15) is 9.59 Å². The molecular formula is C14H18N4O2. The second-order valence-corrected chi connectivity index (χ2v) is 6.78. The van der Waals surface area contributed by atoms with Gasteiger partial charge in [0.25, 0.3) is 11.5 Å². The molecule has 0 unspecified atom stereocenters. The fourth-order valence-corrected chi connectivity index (χ4v) is 4.30.